The highest BCUT2D eigenvalue weighted by Gasteiger charge is 2.06. The molecule has 18 heavy (non-hydrogen) atoms. The van der Waals surface area contributed by atoms with Crippen molar-refractivity contribution in [3.8, 4) is 5.69 Å². The van der Waals surface area contributed by atoms with E-state index < -0.39 is 0 Å². The van der Waals surface area contributed by atoms with Crippen LogP contribution >= 0.6 is 15.9 Å². The molecule has 96 valence electrons. The highest BCUT2D eigenvalue weighted by Crippen LogP contribution is 2.21. The highest BCUT2D eigenvalue weighted by molar-refractivity contribution is 9.10. The summed E-state index contributed by atoms with van der Waals surface area (Å²) < 4.78 is 3.09. The van der Waals surface area contributed by atoms with E-state index in [1.165, 1.54) is 5.56 Å². The number of aromatic nitrogens is 2. The minimum atomic E-state index is 0.883. The van der Waals surface area contributed by atoms with Gasteiger partial charge in [-0.15, -0.1) is 0 Å². The van der Waals surface area contributed by atoms with Crippen LogP contribution in [0.15, 0.2) is 28.7 Å². The van der Waals surface area contributed by atoms with Gasteiger partial charge in [-0.05, 0) is 44.2 Å². The van der Waals surface area contributed by atoms with Crippen molar-refractivity contribution in [3.05, 3.63) is 45.7 Å². The number of nitrogens with zero attached hydrogens (tertiary/aromatic N) is 2. The largest absolute Gasteiger partial charge is 0.313 e. The molecule has 2 aromatic rings. The zero-order valence-electron chi connectivity index (χ0n) is 11.0. The third-order valence-electron chi connectivity index (χ3n) is 2.86. The molecule has 0 aliphatic heterocycles. The molecule has 1 N–H and O–H groups in total. The lowest BCUT2D eigenvalue weighted by Gasteiger charge is -2.09. The van der Waals surface area contributed by atoms with Crippen molar-refractivity contribution in [2.45, 2.75) is 27.3 Å². The highest BCUT2D eigenvalue weighted by atomic mass is 79.9. The van der Waals surface area contributed by atoms with E-state index in [9.17, 15) is 0 Å². The molecule has 4 heteroatoms. The third-order valence-corrected chi connectivity index (χ3v) is 3.59. The fourth-order valence-corrected chi connectivity index (χ4v) is 2.47. The number of hydrogen-bond acceptors (Lipinski definition) is 2. The minimum absolute atomic E-state index is 0.883. The van der Waals surface area contributed by atoms with Gasteiger partial charge < -0.3 is 5.32 Å². The van der Waals surface area contributed by atoms with Crippen molar-refractivity contribution >= 4 is 15.9 Å². The van der Waals surface area contributed by atoms with Crippen LogP contribution in [0.4, 0.5) is 0 Å². The fourth-order valence-electron chi connectivity index (χ4n) is 1.96. The molecular formula is C14H18BrN3. The second-order valence-corrected chi connectivity index (χ2v) is 5.25. The van der Waals surface area contributed by atoms with Crippen LogP contribution in [0.1, 0.15) is 23.9 Å². The number of aryl methyl sites for hydroxylation is 2. The van der Waals surface area contributed by atoms with Crippen LogP contribution in [0, 0.1) is 13.8 Å². The number of rotatable bonds is 4. The van der Waals surface area contributed by atoms with Gasteiger partial charge in [-0.2, -0.15) is 5.10 Å². The summed E-state index contributed by atoms with van der Waals surface area (Å²) in [5, 5.41) is 7.82. The van der Waals surface area contributed by atoms with Gasteiger partial charge in [-0.25, -0.2) is 4.68 Å². The molecule has 0 saturated carbocycles. The predicted molar refractivity (Wildman–Crippen MR) is 78.1 cm³/mol. The Morgan fingerprint density at radius 1 is 1.28 bits per heavy atom. The van der Waals surface area contributed by atoms with Crippen molar-refractivity contribution in [1.29, 1.82) is 0 Å². The Kier molecular flexibility index (Phi) is 4.19. The Balaban J connectivity index is 2.31. The molecule has 0 aliphatic carbocycles. The van der Waals surface area contributed by atoms with Gasteiger partial charge in [0.25, 0.3) is 0 Å². The SMILES string of the molecule is CCNCc1ccc(-n2nc(C)cc2C)cc1Br. The molecule has 0 bridgehead atoms. The summed E-state index contributed by atoms with van der Waals surface area (Å²) in [6, 6.07) is 8.45. The molecule has 0 unspecified atom stereocenters. The maximum Gasteiger partial charge on any atom is 0.0660 e. The molecule has 0 aliphatic rings. The molecule has 0 atom stereocenters. The molecule has 0 fully saturated rings. The van der Waals surface area contributed by atoms with Gasteiger partial charge in [-0.3, -0.25) is 0 Å². The third kappa shape index (κ3) is 2.82. The van der Waals surface area contributed by atoms with Gasteiger partial charge in [0.05, 0.1) is 11.4 Å². The number of halogens is 1. The quantitative estimate of drug-likeness (QED) is 0.938. The summed E-state index contributed by atoms with van der Waals surface area (Å²) in [6.07, 6.45) is 0. The normalized spacial score (nSPS) is 10.9. The van der Waals surface area contributed by atoms with Crippen LogP contribution in [-0.2, 0) is 6.54 Å². The number of benzene rings is 1. The van der Waals surface area contributed by atoms with E-state index in [2.05, 4.69) is 64.5 Å². The van der Waals surface area contributed by atoms with E-state index in [0.29, 0.717) is 0 Å². The average Bonchev–Trinajstić information content (AvgIpc) is 2.67. The summed E-state index contributed by atoms with van der Waals surface area (Å²) in [5.74, 6) is 0. The summed E-state index contributed by atoms with van der Waals surface area (Å²) in [6.45, 7) is 8.05. The van der Waals surface area contributed by atoms with E-state index in [0.717, 1.165) is 34.6 Å². The van der Waals surface area contributed by atoms with Crippen molar-refractivity contribution in [2.24, 2.45) is 0 Å². The molecule has 2 rings (SSSR count). The van der Waals surface area contributed by atoms with Gasteiger partial charge in [0.1, 0.15) is 0 Å². The molecule has 0 amide bonds. The van der Waals surface area contributed by atoms with Crippen molar-refractivity contribution in [1.82, 2.24) is 15.1 Å². The lowest BCUT2D eigenvalue weighted by atomic mass is 10.2. The lowest BCUT2D eigenvalue weighted by Crippen LogP contribution is -2.12. The van der Waals surface area contributed by atoms with Crippen molar-refractivity contribution in [2.75, 3.05) is 6.54 Å². The molecule has 0 saturated heterocycles. The first-order chi connectivity index (χ1) is 8.61. The van der Waals surface area contributed by atoms with E-state index in [1.54, 1.807) is 0 Å². The summed E-state index contributed by atoms with van der Waals surface area (Å²) in [7, 11) is 0. The average molecular weight is 308 g/mol. The van der Waals surface area contributed by atoms with Crippen LogP contribution in [0.2, 0.25) is 0 Å². The van der Waals surface area contributed by atoms with Crippen LogP contribution in [0.25, 0.3) is 5.69 Å². The first kappa shape index (κ1) is 13.3. The second kappa shape index (κ2) is 5.67. The first-order valence-electron chi connectivity index (χ1n) is 6.14. The standard InChI is InChI=1S/C14H18BrN3/c1-4-16-9-12-5-6-13(8-14(12)15)18-11(3)7-10(2)17-18/h5-8,16H,4,9H2,1-3H3. The Labute approximate surface area is 116 Å². The maximum absolute atomic E-state index is 4.49. The summed E-state index contributed by atoms with van der Waals surface area (Å²) >= 11 is 3.62. The van der Waals surface area contributed by atoms with Gasteiger partial charge in [-0.1, -0.05) is 28.9 Å². The molecule has 1 aromatic heterocycles. The van der Waals surface area contributed by atoms with Crippen molar-refractivity contribution in [3.63, 3.8) is 0 Å². The molecule has 1 heterocycles. The fraction of sp³-hybridized carbons (Fsp3) is 0.357. The Morgan fingerprint density at radius 2 is 2.06 bits per heavy atom. The van der Waals surface area contributed by atoms with E-state index in [4.69, 9.17) is 0 Å². The van der Waals surface area contributed by atoms with Crippen molar-refractivity contribution < 1.29 is 0 Å². The Morgan fingerprint density at radius 3 is 2.61 bits per heavy atom. The minimum Gasteiger partial charge on any atom is -0.313 e. The zero-order chi connectivity index (χ0) is 13.1. The summed E-state index contributed by atoms with van der Waals surface area (Å²) in [4.78, 5) is 0. The van der Waals surface area contributed by atoms with E-state index in [1.807, 2.05) is 11.6 Å². The maximum atomic E-state index is 4.49. The Hall–Kier alpha value is -1.13. The molecule has 0 spiro atoms. The van der Waals surface area contributed by atoms with Crippen LogP contribution in [0.3, 0.4) is 0 Å². The van der Waals surface area contributed by atoms with Crippen LogP contribution in [0.5, 0.6) is 0 Å². The van der Waals surface area contributed by atoms with Gasteiger partial charge in [0.2, 0.25) is 0 Å². The van der Waals surface area contributed by atoms with Gasteiger partial charge >= 0.3 is 0 Å². The Bertz CT molecular complexity index is 546. The molecular weight excluding hydrogens is 290 g/mol. The van der Waals surface area contributed by atoms with E-state index in [-0.39, 0.29) is 0 Å². The zero-order valence-corrected chi connectivity index (χ0v) is 12.6. The predicted octanol–water partition coefficient (Wildman–Crippen LogP) is 3.36. The van der Waals surface area contributed by atoms with Gasteiger partial charge in [0, 0.05) is 16.7 Å². The first-order valence-corrected chi connectivity index (χ1v) is 6.94. The second-order valence-electron chi connectivity index (χ2n) is 4.39. The molecule has 3 nitrogen and oxygen atoms in total. The molecule has 0 radical (unpaired) electrons. The molecule has 1 aromatic carbocycles. The summed E-state index contributed by atoms with van der Waals surface area (Å²) in [5.41, 5.74) is 4.55. The van der Waals surface area contributed by atoms with Gasteiger partial charge in [0.15, 0.2) is 0 Å². The monoisotopic (exact) mass is 307 g/mol. The topological polar surface area (TPSA) is 29.9 Å². The van der Waals surface area contributed by atoms with Crippen LogP contribution in [-0.4, -0.2) is 16.3 Å². The smallest absolute Gasteiger partial charge is 0.0660 e. The van der Waals surface area contributed by atoms with Crippen LogP contribution < -0.4 is 5.32 Å². The number of nitrogens with one attached hydrogen (secondary N) is 1. The number of hydrogen-bond donors (Lipinski definition) is 1. The lowest BCUT2D eigenvalue weighted by molar-refractivity contribution is 0.724. The van der Waals surface area contributed by atoms with E-state index >= 15 is 0 Å².